The van der Waals surface area contributed by atoms with Crippen molar-refractivity contribution in [1.29, 1.82) is 0 Å². The van der Waals surface area contributed by atoms with Crippen LogP contribution in [0.2, 0.25) is 0 Å². The number of fused-ring (bicyclic) bond motifs is 2. The van der Waals surface area contributed by atoms with Gasteiger partial charge < -0.3 is 5.11 Å². The Morgan fingerprint density at radius 1 is 0.385 bits per heavy atom. The van der Waals surface area contributed by atoms with E-state index < -0.39 is 0 Å². The fraction of sp³-hybridized carbons (Fsp3) is 0. The summed E-state index contributed by atoms with van der Waals surface area (Å²) in [5.74, 6) is 0.185. The highest BCUT2D eigenvalue weighted by molar-refractivity contribution is 5.98. The molecule has 2 aromatic heterocycles. The summed E-state index contributed by atoms with van der Waals surface area (Å²) in [6.45, 7) is 0. The van der Waals surface area contributed by atoms with E-state index in [2.05, 4.69) is 60.7 Å². The molecule has 0 radical (unpaired) electrons. The first kappa shape index (κ1) is 22.9. The zero-order valence-corrected chi connectivity index (χ0v) is 21.1. The lowest BCUT2D eigenvalue weighted by Crippen LogP contribution is -1.93. The fourth-order valence-corrected chi connectivity index (χ4v) is 5.25. The fourth-order valence-electron chi connectivity index (χ4n) is 5.25. The van der Waals surface area contributed by atoms with E-state index in [0.29, 0.717) is 5.56 Å². The van der Waals surface area contributed by atoms with Crippen molar-refractivity contribution in [2.24, 2.45) is 0 Å². The third kappa shape index (κ3) is 4.20. The van der Waals surface area contributed by atoms with Crippen LogP contribution >= 0.6 is 0 Å². The molecule has 0 atom stereocenters. The van der Waals surface area contributed by atoms with Gasteiger partial charge in [0, 0.05) is 21.9 Å². The predicted molar refractivity (Wildman–Crippen MR) is 160 cm³/mol. The Bertz CT molecular complexity index is 1960. The van der Waals surface area contributed by atoms with Gasteiger partial charge in [-0.25, -0.2) is 9.97 Å². The molecule has 7 rings (SSSR count). The van der Waals surface area contributed by atoms with E-state index in [1.807, 2.05) is 72.8 Å². The summed E-state index contributed by atoms with van der Waals surface area (Å²) in [4.78, 5) is 9.97. The zero-order chi connectivity index (χ0) is 26.2. The molecule has 0 bridgehead atoms. The van der Waals surface area contributed by atoms with Gasteiger partial charge in [0.05, 0.1) is 22.4 Å². The van der Waals surface area contributed by atoms with Gasteiger partial charge in [-0.15, -0.1) is 0 Å². The molecule has 39 heavy (non-hydrogen) atoms. The molecule has 0 spiro atoms. The summed E-state index contributed by atoms with van der Waals surface area (Å²) in [6.07, 6.45) is 0. The van der Waals surface area contributed by atoms with Crippen LogP contribution in [0.3, 0.4) is 0 Å². The number of hydrogen-bond acceptors (Lipinski definition) is 3. The van der Waals surface area contributed by atoms with Crippen molar-refractivity contribution < 1.29 is 5.11 Å². The van der Waals surface area contributed by atoms with Crippen LogP contribution in [0.4, 0.5) is 0 Å². The number of phenolic OH excluding ortho intramolecular Hbond substituents is 1. The van der Waals surface area contributed by atoms with Gasteiger partial charge in [0.15, 0.2) is 0 Å². The highest BCUT2D eigenvalue weighted by Gasteiger charge is 2.15. The highest BCUT2D eigenvalue weighted by atomic mass is 16.3. The molecule has 3 heteroatoms. The molecule has 2 heterocycles. The summed E-state index contributed by atoms with van der Waals surface area (Å²) >= 11 is 0. The molecular formula is C36H24N2O. The molecule has 0 amide bonds. The first-order chi connectivity index (χ1) is 19.2. The number of nitrogens with zero attached hydrogens (tertiary/aromatic N) is 2. The zero-order valence-electron chi connectivity index (χ0n) is 21.1. The first-order valence-corrected chi connectivity index (χ1v) is 13.0. The Morgan fingerprint density at radius 3 is 1.46 bits per heavy atom. The number of hydrogen-bond donors (Lipinski definition) is 1. The van der Waals surface area contributed by atoms with Crippen LogP contribution < -0.4 is 0 Å². The first-order valence-electron chi connectivity index (χ1n) is 13.0. The lowest BCUT2D eigenvalue weighted by molar-refractivity contribution is 0.477. The van der Waals surface area contributed by atoms with Gasteiger partial charge in [-0.1, -0.05) is 97.1 Å². The van der Waals surface area contributed by atoms with E-state index in [4.69, 9.17) is 9.97 Å². The van der Waals surface area contributed by atoms with Crippen LogP contribution in [-0.4, -0.2) is 15.1 Å². The molecule has 0 saturated carbocycles. The van der Waals surface area contributed by atoms with Gasteiger partial charge in [-0.2, -0.15) is 0 Å². The van der Waals surface area contributed by atoms with Gasteiger partial charge in [0.25, 0.3) is 0 Å². The van der Waals surface area contributed by atoms with Crippen molar-refractivity contribution in [3.63, 3.8) is 0 Å². The van der Waals surface area contributed by atoms with Crippen molar-refractivity contribution in [3.05, 3.63) is 140 Å². The number of aromatic nitrogens is 2. The van der Waals surface area contributed by atoms with Gasteiger partial charge in [-0.3, -0.25) is 0 Å². The summed E-state index contributed by atoms with van der Waals surface area (Å²) in [7, 11) is 0. The second-order valence-electron chi connectivity index (χ2n) is 9.61. The minimum atomic E-state index is 0.185. The summed E-state index contributed by atoms with van der Waals surface area (Å²) in [6, 6.07) is 46.9. The lowest BCUT2D eigenvalue weighted by atomic mass is 9.95. The van der Waals surface area contributed by atoms with Crippen molar-refractivity contribution in [2.75, 3.05) is 0 Å². The van der Waals surface area contributed by atoms with Gasteiger partial charge in [0.1, 0.15) is 5.75 Å². The minimum Gasteiger partial charge on any atom is -0.507 e. The maximum absolute atomic E-state index is 11.0. The molecule has 0 aliphatic rings. The standard InChI is InChI=1S/C36H24N2O/c39-36-20-19-26(34-22-29(24-11-3-1-4-12-24)27-15-7-9-17-32(27)37-34)21-31(36)35-23-30(25-13-5-2-6-14-25)28-16-8-10-18-33(28)38-35/h1-23,39H. The van der Waals surface area contributed by atoms with Crippen LogP contribution in [-0.2, 0) is 0 Å². The summed E-state index contributed by atoms with van der Waals surface area (Å²) < 4.78 is 0. The smallest absolute Gasteiger partial charge is 0.125 e. The van der Waals surface area contributed by atoms with Gasteiger partial charge in [0.2, 0.25) is 0 Å². The Hall–Kier alpha value is -5.28. The number of phenols is 1. The third-order valence-corrected chi connectivity index (χ3v) is 7.17. The molecule has 0 aliphatic carbocycles. The lowest BCUT2D eigenvalue weighted by Gasteiger charge is -2.14. The Kier molecular flexibility index (Phi) is 5.60. The van der Waals surface area contributed by atoms with E-state index in [-0.39, 0.29) is 5.75 Å². The maximum Gasteiger partial charge on any atom is 0.125 e. The molecular weight excluding hydrogens is 476 g/mol. The van der Waals surface area contributed by atoms with Crippen LogP contribution in [0.5, 0.6) is 5.75 Å². The SMILES string of the molecule is Oc1ccc(-c2cc(-c3ccccc3)c3ccccc3n2)cc1-c1cc(-c2ccccc2)c2ccccc2n1. The van der Waals surface area contributed by atoms with Crippen LogP contribution in [0.25, 0.3) is 66.6 Å². The van der Waals surface area contributed by atoms with E-state index in [1.54, 1.807) is 6.07 Å². The summed E-state index contributed by atoms with van der Waals surface area (Å²) in [5, 5.41) is 13.2. The molecule has 3 nitrogen and oxygen atoms in total. The highest BCUT2D eigenvalue weighted by Crippen LogP contribution is 2.38. The second kappa shape index (κ2) is 9.55. The molecule has 1 N–H and O–H groups in total. The number of benzene rings is 5. The van der Waals surface area contributed by atoms with Crippen LogP contribution in [0.15, 0.2) is 140 Å². The third-order valence-electron chi connectivity index (χ3n) is 7.17. The Balaban J connectivity index is 1.42. The molecule has 0 unspecified atom stereocenters. The topological polar surface area (TPSA) is 46.0 Å². The average Bonchev–Trinajstić information content (AvgIpc) is 3.01. The molecule has 184 valence electrons. The Labute approximate surface area is 226 Å². The summed E-state index contributed by atoms with van der Waals surface area (Å²) in [5.41, 5.74) is 9.42. The molecule has 0 fully saturated rings. The van der Waals surface area contributed by atoms with E-state index in [1.165, 1.54) is 0 Å². The van der Waals surface area contributed by atoms with E-state index in [9.17, 15) is 5.11 Å². The number of para-hydroxylation sites is 2. The molecule has 0 saturated heterocycles. The largest absolute Gasteiger partial charge is 0.507 e. The Morgan fingerprint density at radius 2 is 0.872 bits per heavy atom. The molecule has 0 aliphatic heterocycles. The normalized spacial score (nSPS) is 11.2. The van der Waals surface area contributed by atoms with E-state index >= 15 is 0 Å². The van der Waals surface area contributed by atoms with E-state index in [0.717, 1.165) is 61.0 Å². The predicted octanol–water partition coefficient (Wildman–Crippen LogP) is 9.16. The van der Waals surface area contributed by atoms with Gasteiger partial charge in [-0.05, 0) is 64.7 Å². The number of pyridine rings is 2. The monoisotopic (exact) mass is 500 g/mol. The van der Waals surface area contributed by atoms with Crippen molar-refractivity contribution in [1.82, 2.24) is 9.97 Å². The number of aromatic hydroxyl groups is 1. The molecule has 5 aromatic carbocycles. The van der Waals surface area contributed by atoms with Gasteiger partial charge >= 0.3 is 0 Å². The van der Waals surface area contributed by atoms with Crippen molar-refractivity contribution in [3.8, 4) is 50.5 Å². The number of rotatable bonds is 4. The van der Waals surface area contributed by atoms with Crippen LogP contribution in [0, 0.1) is 0 Å². The van der Waals surface area contributed by atoms with Crippen molar-refractivity contribution in [2.45, 2.75) is 0 Å². The molecule has 7 aromatic rings. The van der Waals surface area contributed by atoms with Crippen molar-refractivity contribution >= 4 is 21.8 Å². The average molecular weight is 501 g/mol. The second-order valence-corrected chi connectivity index (χ2v) is 9.61. The van der Waals surface area contributed by atoms with Crippen LogP contribution in [0.1, 0.15) is 0 Å². The minimum absolute atomic E-state index is 0.185. The maximum atomic E-state index is 11.0. The quantitative estimate of drug-likeness (QED) is 0.262.